The molecule has 0 saturated heterocycles. The maximum absolute atomic E-state index is 12.0. The molecule has 0 amide bonds. The maximum atomic E-state index is 12.0. The third-order valence-electron chi connectivity index (χ3n) is 2.68. The van der Waals surface area contributed by atoms with Gasteiger partial charge in [0.25, 0.3) is 0 Å². The second-order valence-electron chi connectivity index (χ2n) is 4.32. The van der Waals surface area contributed by atoms with Gasteiger partial charge in [-0.2, -0.15) is 0 Å². The van der Waals surface area contributed by atoms with Gasteiger partial charge in [-0.15, -0.1) is 0 Å². The molecule has 0 radical (unpaired) electrons. The van der Waals surface area contributed by atoms with Crippen LogP contribution in [0.5, 0.6) is 0 Å². The van der Waals surface area contributed by atoms with Gasteiger partial charge in [0.05, 0.1) is 11.9 Å². The van der Waals surface area contributed by atoms with Gasteiger partial charge in [0.15, 0.2) is 0 Å². The van der Waals surface area contributed by atoms with E-state index in [-0.39, 0.29) is 5.75 Å². The van der Waals surface area contributed by atoms with Crippen LogP contribution in [0.3, 0.4) is 0 Å². The second kappa shape index (κ2) is 6.39. The Balaban J connectivity index is 2.06. The zero-order valence-corrected chi connectivity index (χ0v) is 12.9. The zero-order chi connectivity index (χ0) is 14.6. The Labute approximate surface area is 126 Å². The van der Waals surface area contributed by atoms with Gasteiger partial charge in [0.2, 0.25) is 10.0 Å². The first-order chi connectivity index (χ1) is 9.46. The molecule has 2 N–H and O–H groups in total. The normalized spacial score (nSPS) is 12.9. The van der Waals surface area contributed by atoms with E-state index in [9.17, 15) is 13.5 Å². The highest BCUT2D eigenvalue weighted by Gasteiger charge is 2.18. The van der Waals surface area contributed by atoms with Crippen LogP contribution in [-0.2, 0) is 10.0 Å². The maximum Gasteiger partial charge on any atom is 0.235 e. The number of aliphatic hydroxyl groups is 1. The summed E-state index contributed by atoms with van der Waals surface area (Å²) in [5.74, 6) is -0.382. The van der Waals surface area contributed by atoms with E-state index in [1.54, 1.807) is 48.5 Å². The van der Waals surface area contributed by atoms with E-state index in [2.05, 4.69) is 20.7 Å². The van der Waals surface area contributed by atoms with Crippen molar-refractivity contribution in [2.24, 2.45) is 0 Å². The van der Waals surface area contributed by atoms with Crippen molar-refractivity contribution >= 4 is 31.6 Å². The average Bonchev–Trinajstić information content (AvgIpc) is 2.41. The minimum Gasteiger partial charge on any atom is -0.387 e. The smallest absolute Gasteiger partial charge is 0.235 e. The molecule has 0 fully saturated rings. The first-order valence-electron chi connectivity index (χ1n) is 5.95. The predicted molar refractivity (Wildman–Crippen MR) is 83.0 cm³/mol. The number of anilines is 1. The van der Waals surface area contributed by atoms with Crippen LogP contribution in [0.2, 0.25) is 0 Å². The van der Waals surface area contributed by atoms with E-state index in [1.165, 1.54) is 0 Å². The van der Waals surface area contributed by atoms with E-state index < -0.39 is 16.1 Å². The molecule has 0 aromatic heterocycles. The molecule has 4 nitrogen and oxygen atoms in total. The lowest BCUT2D eigenvalue weighted by atomic mass is 10.1. The molecule has 2 aromatic carbocycles. The Bertz CT molecular complexity index is 657. The molecule has 0 heterocycles. The molecule has 106 valence electrons. The van der Waals surface area contributed by atoms with Crippen molar-refractivity contribution < 1.29 is 13.5 Å². The second-order valence-corrected chi connectivity index (χ2v) is 7.00. The summed E-state index contributed by atoms with van der Waals surface area (Å²) in [6, 6.07) is 15.5. The number of hydrogen-bond acceptors (Lipinski definition) is 3. The number of sulfonamides is 1. The Morgan fingerprint density at radius 1 is 1.05 bits per heavy atom. The minimum atomic E-state index is -3.61. The molecule has 1 unspecified atom stereocenters. The van der Waals surface area contributed by atoms with Crippen molar-refractivity contribution in [1.82, 2.24) is 0 Å². The molecule has 0 saturated carbocycles. The van der Waals surface area contributed by atoms with Crippen LogP contribution in [0.1, 0.15) is 11.7 Å². The van der Waals surface area contributed by atoms with Crippen LogP contribution < -0.4 is 4.72 Å². The molecule has 0 bridgehead atoms. The zero-order valence-electron chi connectivity index (χ0n) is 10.5. The Kier molecular flexibility index (Phi) is 4.80. The summed E-state index contributed by atoms with van der Waals surface area (Å²) in [6.45, 7) is 0. The number of nitrogens with one attached hydrogen (secondary N) is 1. The third kappa shape index (κ3) is 4.33. The molecule has 20 heavy (non-hydrogen) atoms. The largest absolute Gasteiger partial charge is 0.387 e. The van der Waals surface area contributed by atoms with Gasteiger partial charge in [-0.3, -0.25) is 4.72 Å². The quantitative estimate of drug-likeness (QED) is 0.866. The number of rotatable bonds is 5. The van der Waals surface area contributed by atoms with Gasteiger partial charge in [-0.25, -0.2) is 8.42 Å². The summed E-state index contributed by atoms with van der Waals surface area (Å²) in [5, 5.41) is 9.95. The van der Waals surface area contributed by atoms with Crippen LogP contribution in [0.4, 0.5) is 5.69 Å². The predicted octanol–water partition coefficient (Wildman–Crippen LogP) is 2.92. The molecule has 0 aliphatic rings. The van der Waals surface area contributed by atoms with E-state index in [4.69, 9.17) is 0 Å². The molecular weight excluding hydrogens is 342 g/mol. The summed E-state index contributed by atoms with van der Waals surface area (Å²) in [7, 11) is -3.61. The number of benzene rings is 2. The van der Waals surface area contributed by atoms with Crippen molar-refractivity contribution in [3.63, 3.8) is 0 Å². The molecular formula is C14H14BrNO3S. The van der Waals surface area contributed by atoms with Crippen molar-refractivity contribution in [2.75, 3.05) is 10.5 Å². The van der Waals surface area contributed by atoms with Crippen molar-refractivity contribution in [2.45, 2.75) is 6.10 Å². The lowest BCUT2D eigenvalue weighted by molar-refractivity contribution is 0.202. The van der Waals surface area contributed by atoms with Crippen LogP contribution in [0.25, 0.3) is 0 Å². The van der Waals surface area contributed by atoms with E-state index in [0.717, 1.165) is 4.47 Å². The molecule has 0 aliphatic carbocycles. The van der Waals surface area contributed by atoms with Crippen molar-refractivity contribution in [1.29, 1.82) is 0 Å². The monoisotopic (exact) mass is 355 g/mol. The van der Waals surface area contributed by atoms with Crippen LogP contribution >= 0.6 is 15.9 Å². The van der Waals surface area contributed by atoms with Gasteiger partial charge < -0.3 is 5.11 Å². The molecule has 0 spiro atoms. The standard InChI is InChI=1S/C14H14BrNO3S/c15-12-6-8-13(9-7-12)16-20(18,19)10-14(17)11-4-2-1-3-5-11/h1-9,14,16-17H,10H2. The lowest BCUT2D eigenvalue weighted by Crippen LogP contribution is -2.21. The van der Waals surface area contributed by atoms with Gasteiger partial charge in [-0.1, -0.05) is 46.3 Å². The highest BCUT2D eigenvalue weighted by atomic mass is 79.9. The summed E-state index contributed by atoms with van der Waals surface area (Å²) in [6.07, 6.45) is -1.05. The summed E-state index contributed by atoms with van der Waals surface area (Å²) in [5.41, 5.74) is 1.04. The summed E-state index contributed by atoms with van der Waals surface area (Å²) in [4.78, 5) is 0. The Morgan fingerprint density at radius 2 is 1.65 bits per heavy atom. The van der Waals surface area contributed by atoms with Crippen LogP contribution in [0.15, 0.2) is 59.1 Å². The van der Waals surface area contributed by atoms with Gasteiger partial charge >= 0.3 is 0 Å². The van der Waals surface area contributed by atoms with Gasteiger partial charge in [0, 0.05) is 10.2 Å². The van der Waals surface area contributed by atoms with E-state index in [1.807, 2.05) is 6.07 Å². The summed E-state index contributed by atoms with van der Waals surface area (Å²) < 4.78 is 27.3. The van der Waals surface area contributed by atoms with E-state index >= 15 is 0 Å². The fraction of sp³-hybridized carbons (Fsp3) is 0.143. The first kappa shape index (κ1) is 15.0. The fourth-order valence-corrected chi connectivity index (χ4v) is 3.17. The van der Waals surface area contributed by atoms with Crippen LogP contribution in [-0.4, -0.2) is 19.3 Å². The molecule has 1 atom stereocenters. The average molecular weight is 356 g/mol. The summed E-state index contributed by atoms with van der Waals surface area (Å²) >= 11 is 3.28. The minimum absolute atomic E-state index is 0.382. The lowest BCUT2D eigenvalue weighted by Gasteiger charge is -2.13. The Hall–Kier alpha value is -1.37. The highest BCUT2D eigenvalue weighted by Crippen LogP contribution is 2.18. The van der Waals surface area contributed by atoms with Crippen LogP contribution in [0, 0.1) is 0 Å². The first-order valence-corrected chi connectivity index (χ1v) is 8.40. The highest BCUT2D eigenvalue weighted by molar-refractivity contribution is 9.10. The fourth-order valence-electron chi connectivity index (χ4n) is 1.72. The SMILES string of the molecule is O=S(=O)(CC(O)c1ccccc1)Nc1ccc(Br)cc1. The molecule has 6 heteroatoms. The number of aliphatic hydroxyl groups excluding tert-OH is 1. The van der Waals surface area contributed by atoms with Crippen molar-refractivity contribution in [3.05, 3.63) is 64.6 Å². The van der Waals surface area contributed by atoms with Crippen molar-refractivity contribution in [3.8, 4) is 0 Å². The number of hydrogen-bond donors (Lipinski definition) is 2. The van der Waals surface area contributed by atoms with E-state index in [0.29, 0.717) is 11.3 Å². The van der Waals surface area contributed by atoms with Gasteiger partial charge in [-0.05, 0) is 29.8 Å². The molecule has 2 rings (SSSR count). The molecule has 0 aliphatic heterocycles. The van der Waals surface area contributed by atoms with Gasteiger partial charge in [0.1, 0.15) is 0 Å². The molecule has 2 aromatic rings. The third-order valence-corrected chi connectivity index (χ3v) is 4.51. The Morgan fingerprint density at radius 3 is 2.25 bits per heavy atom. The topological polar surface area (TPSA) is 66.4 Å². The number of halogens is 1.